The monoisotopic (exact) mass is 273 g/mol. The first-order valence-electron chi connectivity index (χ1n) is 6.33. The van der Waals surface area contributed by atoms with Gasteiger partial charge in [-0.1, -0.05) is 12.1 Å². The smallest absolute Gasteiger partial charge is 0.258 e. The lowest BCUT2D eigenvalue weighted by Gasteiger charge is -2.21. The van der Waals surface area contributed by atoms with Crippen LogP contribution in [0.15, 0.2) is 36.4 Å². The number of para-hydroxylation sites is 1. The van der Waals surface area contributed by atoms with Crippen LogP contribution in [0.4, 0.5) is 15.9 Å². The van der Waals surface area contributed by atoms with Gasteiger partial charge in [-0.05, 0) is 38.1 Å². The van der Waals surface area contributed by atoms with Crippen molar-refractivity contribution in [2.75, 3.05) is 17.2 Å². The van der Waals surface area contributed by atoms with E-state index in [1.54, 1.807) is 38.1 Å². The topological polar surface area (TPSA) is 59.2 Å². The van der Waals surface area contributed by atoms with Crippen LogP contribution in [0.1, 0.15) is 23.0 Å². The van der Waals surface area contributed by atoms with Crippen molar-refractivity contribution in [1.82, 2.24) is 4.98 Å². The van der Waals surface area contributed by atoms with Gasteiger partial charge in [-0.2, -0.15) is 0 Å². The molecule has 1 aromatic heterocycles. The van der Waals surface area contributed by atoms with E-state index < -0.39 is 5.82 Å². The summed E-state index contributed by atoms with van der Waals surface area (Å²) in [7, 11) is 0. The number of benzene rings is 1. The second kappa shape index (κ2) is 5.69. The molecule has 2 aromatic rings. The average molecular weight is 273 g/mol. The first-order chi connectivity index (χ1) is 9.52. The Bertz CT molecular complexity index is 623. The second-order valence-electron chi connectivity index (χ2n) is 4.42. The van der Waals surface area contributed by atoms with Crippen molar-refractivity contribution in [2.45, 2.75) is 13.8 Å². The maximum Gasteiger partial charge on any atom is 0.258 e. The minimum absolute atomic E-state index is 0.257. The summed E-state index contributed by atoms with van der Waals surface area (Å²) in [5, 5.41) is 0. The van der Waals surface area contributed by atoms with Gasteiger partial charge in [0, 0.05) is 17.8 Å². The molecule has 0 saturated carbocycles. The highest BCUT2D eigenvalue weighted by Crippen LogP contribution is 2.21. The number of aryl methyl sites for hydroxylation is 1. The zero-order chi connectivity index (χ0) is 14.7. The van der Waals surface area contributed by atoms with E-state index in [1.807, 2.05) is 0 Å². The molecule has 104 valence electrons. The molecule has 0 radical (unpaired) electrons. The van der Waals surface area contributed by atoms with E-state index in [0.29, 0.717) is 17.8 Å². The van der Waals surface area contributed by atoms with Crippen molar-refractivity contribution in [2.24, 2.45) is 0 Å². The quantitative estimate of drug-likeness (QED) is 0.935. The molecule has 20 heavy (non-hydrogen) atoms. The van der Waals surface area contributed by atoms with E-state index in [2.05, 4.69) is 4.98 Å². The molecule has 0 aliphatic heterocycles. The van der Waals surface area contributed by atoms with Crippen LogP contribution in [0.3, 0.4) is 0 Å². The predicted molar refractivity (Wildman–Crippen MR) is 77.1 cm³/mol. The molecule has 1 aromatic carbocycles. The molecule has 0 spiro atoms. The molecule has 0 bridgehead atoms. The molecular formula is C15H16FN3O. The molecule has 4 nitrogen and oxygen atoms in total. The summed E-state index contributed by atoms with van der Waals surface area (Å²) < 4.78 is 13.8. The molecule has 0 saturated heterocycles. The van der Waals surface area contributed by atoms with Crippen LogP contribution in [0.25, 0.3) is 0 Å². The summed E-state index contributed by atoms with van der Waals surface area (Å²) in [6, 6.07) is 9.33. The SMILES string of the molecule is CCN(C(=O)c1cc(C)nc(N)c1)c1ccccc1F. The number of amides is 1. The van der Waals surface area contributed by atoms with Crippen LogP contribution >= 0.6 is 0 Å². The fraction of sp³-hybridized carbons (Fsp3) is 0.200. The lowest BCUT2D eigenvalue weighted by atomic mass is 10.1. The molecule has 0 aliphatic carbocycles. The van der Waals surface area contributed by atoms with Crippen LogP contribution in [0, 0.1) is 12.7 Å². The molecular weight excluding hydrogens is 257 g/mol. The van der Waals surface area contributed by atoms with Gasteiger partial charge in [-0.3, -0.25) is 4.79 Å². The number of hydrogen-bond acceptors (Lipinski definition) is 3. The lowest BCUT2D eigenvalue weighted by Crippen LogP contribution is -2.31. The first-order valence-corrected chi connectivity index (χ1v) is 6.33. The number of nitrogens with zero attached hydrogens (tertiary/aromatic N) is 2. The van der Waals surface area contributed by atoms with Crippen molar-refractivity contribution in [3.63, 3.8) is 0 Å². The summed E-state index contributed by atoms with van der Waals surface area (Å²) in [6.07, 6.45) is 0. The zero-order valence-electron chi connectivity index (χ0n) is 11.4. The Labute approximate surface area is 117 Å². The van der Waals surface area contributed by atoms with Crippen molar-refractivity contribution in [3.05, 3.63) is 53.5 Å². The molecule has 2 rings (SSSR count). The summed E-state index contributed by atoms with van der Waals surface area (Å²) in [5.41, 5.74) is 6.96. The van der Waals surface area contributed by atoms with Crippen LogP contribution in [-0.4, -0.2) is 17.4 Å². The Morgan fingerprint density at radius 3 is 2.65 bits per heavy atom. The van der Waals surface area contributed by atoms with Gasteiger partial charge in [0.1, 0.15) is 11.6 Å². The highest BCUT2D eigenvalue weighted by Gasteiger charge is 2.19. The number of hydrogen-bond donors (Lipinski definition) is 1. The third kappa shape index (κ3) is 2.77. The second-order valence-corrected chi connectivity index (χ2v) is 4.42. The van der Waals surface area contributed by atoms with Gasteiger partial charge in [-0.15, -0.1) is 0 Å². The maximum atomic E-state index is 13.8. The van der Waals surface area contributed by atoms with Crippen molar-refractivity contribution >= 4 is 17.4 Å². The van der Waals surface area contributed by atoms with Crippen LogP contribution < -0.4 is 10.6 Å². The Balaban J connectivity index is 2.42. The van der Waals surface area contributed by atoms with E-state index in [-0.39, 0.29) is 17.4 Å². The zero-order valence-corrected chi connectivity index (χ0v) is 11.4. The van der Waals surface area contributed by atoms with Gasteiger partial charge >= 0.3 is 0 Å². The van der Waals surface area contributed by atoms with Crippen LogP contribution in [0.2, 0.25) is 0 Å². The van der Waals surface area contributed by atoms with E-state index in [1.165, 1.54) is 17.0 Å². The molecule has 5 heteroatoms. The number of pyridine rings is 1. The first kappa shape index (κ1) is 14.0. The minimum atomic E-state index is -0.429. The van der Waals surface area contributed by atoms with E-state index >= 15 is 0 Å². The van der Waals surface area contributed by atoms with Gasteiger partial charge in [-0.25, -0.2) is 9.37 Å². The minimum Gasteiger partial charge on any atom is -0.384 e. The molecule has 1 heterocycles. The number of aromatic nitrogens is 1. The maximum absolute atomic E-state index is 13.8. The number of carbonyl (C=O) groups is 1. The molecule has 1 amide bonds. The third-order valence-corrected chi connectivity index (χ3v) is 2.92. The Kier molecular flexibility index (Phi) is 3.98. The molecule has 0 atom stereocenters. The van der Waals surface area contributed by atoms with Crippen molar-refractivity contribution < 1.29 is 9.18 Å². The summed E-state index contributed by atoms with van der Waals surface area (Å²) in [4.78, 5) is 17.9. The lowest BCUT2D eigenvalue weighted by molar-refractivity contribution is 0.0987. The van der Waals surface area contributed by atoms with Gasteiger partial charge in [0.05, 0.1) is 5.69 Å². The number of nitrogens with two attached hydrogens (primary N) is 1. The van der Waals surface area contributed by atoms with Crippen LogP contribution in [-0.2, 0) is 0 Å². The van der Waals surface area contributed by atoms with Gasteiger partial charge in [0.2, 0.25) is 0 Å². The molecule has 0 fully saturated rings. The van der Waals surface area contributed by atoms with Gasteiger partial charge in [0.15, 0.2) is 0 Å². The Morgan fingerprint density at radius 2 is 2.05 bits per heavy atom. The summed E-state index contributed by atoms with van der Waals surface area (Å²) in [5.74, 6) is -0.450. The van der Waals surface area contributed by atoms with Crippen LogP contribution in [0.5, 0.6) is 0 Å². The highest BCUT2D eigenvalue weighted by molar-refractivity contribution is 6.06. The third-order valence-electron chi connectivity index (χ3n) is 2.92. The predicted octanol–water partition coefficient (Wildman–Crippen LogP) is 2.78. The van der Waals surface area contributed by atoms with Gasteiger partial charge < -0.3 is 10.6 Å². The summed E-state index contributed by atoms with van der Waals surface area (Å²) in [6.45, 7) is 3.91. The number of carbonyl (C=O) groups excluding carboxylic acids is 1. The number of rotatable bonds is 3. The summed E-state index contributed by atoms with van der Waals surface area (Å²) >= 11 is 0. The Hall–Kier alpha value is -2.43. The fourth-order valence-electron chi connectivity index (χ4n) is 2.07. The highest BCUT2D eigenvalue weighted by atomic mass is 19.1. The standard InChI is InChI=1S/C15H16FN3O/c1-3-19(13-7-5-4-6-12(13)16)15(20)11-8-10(2)18-14(17)9-11/h4-9H,3H2,1-2H3,(H2,17,18). The van der Waals surface area contributed by atoms with Crippen molar-refractivity contribution in [3.8, 4) is 0 Å². The fourth-order valence-corrected chi connectivity index (χ4v) is 2.07. The molecule has 0 unspecified atom stereocenters. The molecule has 2 N–H and O–H groups in total. The Morgan fingerprint density at radius 1 is 1.35 bits per heavy atom. The number of halogens is 1. The van der Waals surface area contributed by atoms with Gasteiger partial charge in [0.25, 0.3) is 5.91 Å². The van der Waals surface area contributed by atoms with E-state index in [9.17, 15) is 9.18 Å². The normalized spacial score (nSPS) is 10.3. The van der Waals surface area contributed by atoms with Crippen molar-refractivity contribution in [1.29, 1.82) is 0 Å². The average Bonchev–Trinajstić information content (AvgIpc) is 2.40. The van der Waals surface area contributed by atoms with E-state index in [0.717, 1.165) is 0 Å². The largest absolute Gasteiger partial charge is 0.384 e. The number of anilines is 2. The number of nitrogen functional groups attached to an aromatic ring is 1. The molecule has 0 aliphatic rings. The van der Waals surface area contributed by atoms with E-state index in [4.69, 9.17) is 5.73 Å².